The predicted molar refractivity (Wildman–Crippen MR) is 157 cm³/mol. The van der Waals surface area contributed by atoms with Gasteiger partial charge in [0, 0.05) is 41.9 Å². The maximum absolute atomic E-state index is 12.6. The van der Waals surface area contributed by atoms with E-state index in [-0.39, 0.29) is 19.0 Å². The number of ketones is 1. The van der Waals surface area contributed by atoms with Gasteiger partial charge in [0.1, 0.15) is 18.9 Å². The molecule has 1 aliphatic rings. The van der Waals surface area contributed by atoms with Gasteiger partial charge in [-0.1, -0.05) is 78.0 Å². The number of piperidine rings is 1. The van der Waals surface area contributed by atoms with E-state index in [9.17, 15) is 14.4 Å². The van der Waals surface area contributed by atoms with Crippen LogP contribution in [-0.4, -0.2) is 35.8 Å². The van der Waals surface area contributed by atoms with E-state index in [4.69, 9.17) is 9.47 Å². The lowest BCUT2D eigenvalue weighted by atomic mass is 9.97. The van der Waals surface area contributed by atoms with Crippen molar-refractivity contribution < 1.29 is 23.9 Å². The molecule has 3 aromatic rings. The summed E-state index contributed by atoms with van der Waals surface area (Å²) >= 11 is 0. The van der Waals surface area contributed by atoms with Gasteiger partial charge in [-0.3, -0.25) is 9.80 Å². The van der Waals surface area contributed by atoms with E-state index < -0.39 is 11.9 Å². The van der Waals surface area contributed by atoms with Gasteiger partial charge in [-0.2, -0.15) is 0 Å². The molecule has 4 rings (SSSR count). The lowest BCUT2D eigenvalue weighted by Gasteiger charge is -2.22. The number of hydrogen-bond donors (Lipinski definition) is 0. The first kappa shape index (κ1) is 29.1. The van der Waals surface area contributed by atoms with Gasteiger partial charge in [-0.25, -0.2) is 9.59 Å². The first-order valence-corrected chi connectivity index (χ1v) is 13.6. The average molecular weight is 552 g/mol. The summed E-state index contributed by atoms with van der Waals surface area (Å²) in [7, 11) is 0. The molecular weight excluding hydrogens is 518 g/mol. The SMILES string of the molecule is CC(=O)c1ccc(/C=C/C(=O)OCc2ccccc2)c(N=NN2CCCCC2)c1/C=C/C(=O)OCc1ccccc1. The third kappa shape index (κ3) is 9.10. The summed E-state index contributed by atoms with van der Waals surface area (Å²) in [6.07, 6.45) is 8.86. The largest absolute Gasteiger partial charge is 0.458 e. The predicted octanol–water partition coefficient (Wildman–Crippen LogP) is 6.89. The summed E-state index contributed by atoms with van der Waals surface area (Å²) in [5.74, 6) is -1.28. The van der Waals surface area contributed by atoms with Crippen molar-refractivity contribution in [2.45, 2.75) is 39.4 Å². The Morgan fingerprint density at radius 2 is 1.32 bits per heavy atom. The van der Waals surface area contributed by atoms with Crippen LogP contribution in [0.3, 0.4) is 0 Å². The minimum absolute atomic E-state index is 0.124. The number of carbonyl (C=O) groups is 3. The fourth-order valence-corrected chi connectivity index (χ4v) is 4.28. The fourth-order valence-electron chi connectivity index (χ4n) is 4.28. The number of esters is 2. The third-order valence-corrected chi connectivity index (χ3v) is 6.46. The van der Waals surface area contributed by atoms with Crippen LogP contribution in [0.25, 0.3) is 12.2 Å². The Hall–Kier alpha value is -4.85. The molecule has 0 atom stereocenters. The van der Waals surface area contributed by atoms with Gasteiger partial charge in [0.05, 0.1) is 0 Å². The maximum Gasteiger partial charge on any atom is 0.331 e. The molecule has 0 saturated carbocycles. The summed E-state index contributed by atoms with van der Waals surface area (Å²) in [6.45, 7) is 3.28. The van der Waals surface area contributed by atoms with Crippen LogP contribution in [0.15, 0.2) is 95.3 Å². The highest BCUT2D eigenvalue weighted by atomic mass is 16.5. The molecule has 0 unspecified atom stereocenters. The van der Waals surface area contributed by atoms with Crippen molar-refractivity contribution in [2.75, 3.05) is 13.1 Å². The molecule has 8 nitrogen and oxygen atoms in total. The summed E-state index contributed by atoms with van der Waals surface area (Å²) in [4.78, 5) is 37.6. The Labute approximate surface area is 240 Å². The Balaban J connectivity index is 1.60. The zero-order valence-electron chi connectivity index (χ0n) is 23.1. The fraction of sp³-hybridized carbons (Fsp3) is 0.242. The van der Waals surface area contributed by atoms with Crippen LogP contribution in [0.5, 0.6) is 0 Å². The number of hydrogen-bond acceptors (Lipinski definition) is 7. The van der Waals surface area contributed by atoms with Crippen molar-refractivity contribution in [3.63, 3.8) is 0 Å². The number of Topliss-reactive ketones (excluding diaryl/α,β-unsaturated/α-hetero) is 1. The molecule has 1 heterocycles. The van der Waals surface area contributed by atoms with Crippen LogP contribution in [0.2, 0.25) is 0 Å². The highest BCUT2D eigenvalue weighted by Gasteiger charge is 2.16. The zero-order chi connectivity index (χ0) is 28.9. The number of rotatable bonds is 11. The van der Waals surface area contributed by atoms with Crippen LogP contribution in [0, 0.1) is 0 Å². The number of ether oxygens (including phenoxy) is 2. The van der Waals surface area contributed by atoms with Gasteiger partial charge in [0.25, 0.3) is 0 Å². The summed E-state index contributed by atoms with van der Waals surface area (Å²) in [5, 5.41) is 10.8. The van der Waals surface area contributed by atoms with Crippen molar-refractivity contribution in [3.8, 4) is 0 Å². The Kier molecular flexibility index (Phi) is 10.7. The van der Waals surface area contributed by atoms with Crippen molar-refractivity contribution in [1.82, 2.24) is 5.01 Å². The summed E-state index contributed by atoms with van der Waals surface area (Å²) in [6, 6.07) is 22.1. The lowest BCUT2D eigenvalue weighted by Crippen LogP contribution is -2.23. The average Bonchev–Trinajstić information content (AvgIpc) is 3.01. The van der Waals surface area contributed by atoms with Gasteiger partial charge >= 0.3 is 11.9 Å². The number of benzene rings is 3. The molecule has 0 radical (unpaired) electrons. The second-order valence-corrected chi connectivity index (χ2v) is 9.58. The standard InChI is InChI=1S/C33H33N3O5/c1-25(37)29-17-15-28(16-19-31(38)40-23-26-11-5-2-6-12-26)33(34-35-36-21-9-4-10-22-36)30(29)18-20-32(39)41-24-27-13-7-3-8-14-27/h2-3,5-8,11-20H,4,9-10,21-24H2,1H3/b19-16+,20-18+,35-34?. The third-order valence-electron chi connectivity index (χ3n) is 6.46. The quantitative estimate of drug-likeness (QED) is 0.111. The van der Waals surface area contributed by atoms with E-state index in [2.05, 4.69) is 10.3 Å². The Morgan fingerprint density at radius 1 is 0.756 bits per heavy atom. The van der Waals surface area contributed by atoms with Gasteiger partial charge in [0.15, 0.2) is 5.78 Å². The molecule has 3 aromatic carbocycles. The molecule has 210 valence electrons. The van der Waals surface area contributed by atoms with Gasteiger partial charge in [-0.15, -0.1) is 5.11 Å². The summed E-state index contributed by atoms with van der Waals surface area (Å²) in [5.41, 5.74) is 3.43. The molecule has 1 aliphatic heterocycles. The highest BCUT2D eigenvalue weighted by Crippen LogP contribution is 2.32. The van der Waals surface area contributed by atoms with Gasteiger partial charge in [0.2, 0.25) is 0 Å². The van der Waals surface area contributed by atoms with Crippen LogP contribution < -0.4 is 0 Å². The first-order chi connectivity index (χ1) is 20.0. The van der Waals surface area contributed by atoms with E-state index in [1.54, 1.807) is 18.2 Å². The number of nitrogens with zero attached hydrogens (tertiary/aromatic N) is 3. The van der Waals surface area contributed by atoms with E-state index in [0.29, 0.717) is 22.4 Å². The van der Waals surface area contributed by atoms with Crippen molar-refractivity contribution in [1.29, 1.82) is 0 Å². The maximum atomic E-state index is 12.6. The van der Waals surface area contributed by atoms with Crippen molar-refractivity contribution in [2.24, 2.45) is 10.3 Å². The molecule has 0 spiro atoms. The molecule has 0 amide bonds. The van der Waals surface area contributed by atoms with Crippen molar-refractivity contribution in [3.05, 3.63) is 113 Å². The smallest absolute Gasteiger partial charge is 0.331 e. The molecule has 0 aromatic heterocycles. The van der Waals surface area contributed by atoms with Crippen LogP contribution >= 0.6 is 0 Å². The molecule has 1 saturated heterocycles. The second-order valence-electron chi connectivity index (χ2n) is 9.58. The van der Waals surface area contributed by atoms with E-state index >= 15 is 0 Å². The van der Waals surface area contributed by atoms with E-state index in [1.165, 1.54) is 25.2 Å². The second kappa shape index (κ2) is 15.1. The van der Waals surface area contributed by atoms with E-state index in [1.807, 2.05) is 65.7 Å². The van der Waals surface area contributed by atoms with Crippen LogP contribution in [0.1, 0.15) is 58.8 Å². The minimum atomic E-state index is -0.562. The number of carbonyl (C=O) groups excluding carboxylic acids is 3. The molecule has 0 bridgehead atoms. The summed E-state index contributed by atoms with van der Waals surface area (Å²) < 4.78 is 10.7. The van der Waals surface area contributed by atoms with Crippen molar-refractivity contribution >= 4 is 35.6 Å². The Morgan fingerprint density at radius 3 is 1.88 bits per heavy atom. The monoisotopic (exact) mass is 551 g/mol. The lowest BCUT2D eigenvalue weighted by molar-refractivity contribution is -0.139. The molecule has 0 aliphatic carbocycles. The highest BCUT2D eigenvalue weighted by molar-refractivity contribution is 6.02. The molecule has 0 N–H and O–H groups in total. The first-order valence-electron chi connectivity index (χ1n) is 13.6. The van der Waals surface area contributed by atoms with E-state index in [0.717, 1.165) is 43.5 Å². The Bertz CT molecular complexity index is 1430. The normalized spacial score (nSPS) is 13.6. The minimum Gasteiger partial charge on any atom is -0.458 e. The van der Waals surface area contributed by atoms with Gasteiger partial charge < -0.3 is 9.47 Å². The van der Waals surface area contributed by atoms with Crippen LogP contribution in [0.4, 0.5) is 5.69 Å². The molecule has 41 heavy (non-hydrogen) atoms. The van der Waals surface area contributed by atoms with Gasteiger partial charge in [-0.05, 0) is 49.5 Å². The topological polar surface area (TPSA) is 97.6 Å². The molecular formula is C33H33N3O5. The zero-order valence-corrected chi connectivity index (χ0v) is 23.1. The molecule has 1 fully saturated rings. The van der Waals surface area contributed by atoms with Crippen LogP contribution in [-0.2, 0) is 32.3 Å². The molecule has 8 heteroatoms.